The van der Waals surface area contributed by atoms with Crippen molar-refractivity contribution >= 4 is 27.5 Å². The van der Waals surface area contributed by atoms with Crippen LogP contribution in [0.1, 0.15) is 24.4 Å². The first-order chi connectivity index (χ1) is 7.15. The molecule has 1 unspecified atom stereocenters. The van der Waals surface area contributed by atoms with Crippen molar-refractivity contribution < 1.29 is 4.39 Å². The van der Waals surface area contributed by atoms with Gasteiger partial charge in [0, 0.05) is 10.0 Å². The molecule has 2 nitrogen and oxygen atoms in total. The molecule has 1 aliphatic rings. The molecule has 1 aromatic rings. The number of nitrogens with one attached hydrogen (secondary N) is 1. The van der Waals surface area contributed by atoms with Crippen molar-refractivity contribution in [1.82, 2.24) is 5.43 Å². The van der Waals surface area contributed by atoms with Crippen LogP contribution in [-0.4, -0.2) is 0 Å². The third-order valence-electron chi connectivity index (χ3n) is 2.67. The van der Waals surface area contributed by atoms with Gasteiger partial charge in [-0.05, 0) is 40.8 Å². The van der Waals surface area contributed by atoms with Gasteiger partial charge >= 0.3 is 0 Å². The summed E-state index contributed by atoms with van der Waals surface area (Å²) >= 11 is 9.00. The number of benzene rings is 1. The van der Waals surface area contributed by atoms with Crippen LogP contribution in [0.4, 0.5) is 4.39 Å². The van der Waals surface area contributed by atoms with E-state index >= 15 is 0 Å². The molecule has 0 radical (unpaired) electrons. The van der Waals surface area contributed by atoms with Crippen molar-refractivity contribution in [2.75, 3.05) is 0 Å². The SMILES string of the molecule is NNC(c1ccc(Br)c(Cl)c1F)C1CC1. The summed E-state index contributed by atoms with van der Waals surface area (Å²) in [4.78, 5) is 0. The molecule has 1 saturated carbocycles. The fraction of sp³-hybridized carbons (Fsp3) is 0.400. The van der Waals surface area contributed by atoms with Crippen molar-refractivity contribution in [2.24, 2.45) is 11.8 Å². The van der Waals surface area contributed by atoms with Crippen molar-refractivity contribution in [3.8, 4) is 0 Å². The molecule has 3 N–H and O–H groups in total. The maximum Gasteiger partial charge on any atom is 0.147 e. The smallest absolute Gasteiger partial charge is 0.147 e. The zero-order valence-electron chi connectivity index (χ0n) is 7.93. The van der Waals surface area contributed by atoms with Crippen LogP contribution in [-0.2, 0) is 0 Å². The lowest BCUT2D eigenvalue weighted by molar-refractivity contribution is 0.468. The van der Waals surface area contributed by atoms with Crippen LogP contribution in [0.5, 0.6) is 0 Å². The summed E-state index contributed by atoms with van der Waals surface area (Å²) in [6.07, 6.45) is 2.17. The number of hydrogen-bond acceptors (Lipinski definition) is 2. The summed E-state index contributed by atoms with van der Waals surface area (Å²) in [5, 5.41) is 0.119. The molecule has 0 aromatic heterocycles. The van der Waals surface area contributed by atoms with E-state index < -0.39 is 0 Å². The summed E-state index contributed by atoms with van der Waals surface area (Å²) in [6, 6.07) is 3.33. The first kappa shape index (κ1) is 11.3. The number of hydrazine groups is 1. The Morgan fingerprint density at radius 2 is 2.20 bits per heavy atom. The van der Waals surface area contributed by atoms with Gasteiger partial charge in [-0.25, -0.2) is 4.39 Å². The molecule has 2 rings (SSSR count). The number of hydrogen-bond donors (Lipinski definition) is 2. The quantitative estimate of drug-likeness (QED) is 0.510. The summed E-state index contributed by atoms with van der Waals surface area (Å²) in [5.41, 5.74) is 3.20. The van der Waals surface area contributed by atoms with Crippen LogP contribution < -0.4 is 11.3 Å². The van der Waals surface area contributed by atoms with E-state index in [-0.39, 0.29) is 16.9 Å². The maximum absolute atomic E-state index is 13.8. The Hall–Kier alpha value is -0.160. The van der Waals surface area contributed by atoms with Crippen LogP contribution in [0, 0.1) is 11.7 Å². The average Bonchev–Trinajstić information content (AvgIpc) is 3.03. The summed E-state index contributed by atoms with van der Waals surface area (Å²) < 4.78 is 14.4. The average molecular weight is 294 g/mol. The predicted octanol–water partition coefficient (Wildman–Crippen LogP) is 3.16. The van der Waals surface area contributed by atoms with Crippen LogP contribution in [0.3, 0.4) is 0 Å². The molecule has 15 heavy (non-hydrogen) atoms. The van der Waals surface area contributed by atoms with Crippen molar-refractivity contribution in [2.45, 2.75) is 18.9 Å². The van der Waals surface area contributed by atoms with E-state index in [1.165, 1.54) is 0 Å². The molecule has 5 heteroatoms. The summed E-state index contributed by atoms with van der Waals surface area (Å²) in [5.74, 6) is 5.48. The Bertz CT molecular complexity index is 382. The van der Waals surface area contributed by atoms with E-state index in [0.717, 1.165) is 12.8 Å². The lowest BCUT2D eigenvalue weighted by Gasteiger charge is -2.17. The second-order valence-electron chi connectivity index (χ2n) is 3.75. The minimum absolute atomic E-state index is 0.119. The molecule has 1 atom stereocenters. The largest absolute Gasteiger partial charge is 0.271 e. The highest BCUT2D eigenvalue weighted by Crippen LogP contribution is 2.42. The van der Waals surface area contributed by atoms with Gasteiger partial charge in [-0.2, -0.15) is 0 Å². The van der Waals surface area contributed by atoms with Gasteiger partial charge < -0.3 is 0 Å². The van der Waals surface area contributed by atoms with E-state index in [0.29, 0.717) is 16.0 Å². The van der Waals surface area contributed by atoms with Gasteiger partial charge in [-0.15, -0.1) is 0 Å². The van der Waals surface area contributed by atoms with E-state index in [9.17, 15) is 4.39 Å². The van der Waals surface area contributed by atoms with Gasteiger partial charge in [-0.3, -0.25) is 11.3 Å². The molecule has 0 saturated heterocycles. The van der Waals surface area contributed by atoms with Crippen molar-refractivity contribution in [3.63, 3.8) is 0 Å². The molecule has 0 spiro atoms. The van der Waals surface area contributed by atoms with E-state index in [2.05, 4.69) is 21.4 Å². The van der Waals surface area contributed by atoms with Crippen molar-refractivity contribution in [1.29, 1.82) is 0 Å². The lowest BCUT2D eigenvalue weighted by Crippen LogP contribution is -2.30. The van der Waals surface area contributed by atoms with Gasteiger partial charge in [0.2, 0.25) is 0 Å². The second-order valence-corrected chi connectivity index (χ2v) is 4.98. The molecule has 0 aliphatic heterocycles. The topological polar surface area (TPSA) is 38.0 Å². The first-order valence-corrected chi connectivity index (χ1v) is 5.91. The lowest BCUT2D eigenvalue weighted by atomic mass is 10.0. The van der Waals surface area contributed by atoms with Gasteiger partial charge in [0.1, 0.15) is 5.82 Å². The summed E-state index contributed by atoms with van der Waals surface area (Å²) in [6.45, 7) is 0. The first-order valence-electron chi connectivity index (χ1n) is 4.74. The Balaban J connectivity index is 2.38. The third-order valence-corrected chi connectivity index (χ3v) is 3.93. The third kappa shape index (κ3) is 2.18. The fourth-order valence-corrected chi connectivity index (χ4v) is 2.17. The molecular weight excluding hydrogens is 282 g/mol. The standard InChI is InChI=1S/C10H11BrClFN2/c11-7-4-3-6(9(13)8(7)12)10(15-14)5-1-2-5/h3-5,10,15H,1-2,14H2. The van der Waals surface area contributed by atoms with Gasteiger partial charge in [0.15, 0.2) is 0 Å². The number of nitrogens with two attached hydrogens (primary N) is 1. The van der Waals surface area contributed by atoms with E-state index in [4.69, 9.17) is 17.4 Å². The molecule has 0 heterocycles. The van der Waals surface area contributed by atoms with E-state index in [1.54, 1.807) is 12.1 Å². The molecular formula is C10H11BrClFN2. The fourth-order valence-electron chi connectivity index (χ4n) is 1.69. The monoisotopic (exact) mass is 292 g/mol. The highest BCUT2D eigenvalue weighted by Gasteiger charge is 2.33. The Kier molecular flexibility index (Phi) is 3.30. The zero-order chi connectivity index (χ0) is 11.0. The van der Waals surface area contributed by atoms with Gasteiger partial charge in [-0.1, -0.05) is 17.7 Å². The Morgan fingerprint density at radius 3 is 2.73 bits per heavy atom. The minimum atomic E-state index is -0.388. The second kappa shape index (κ2) is 4.37. The molecule has 0 amide bonds. The minimum Gasteiger partial charge on any atom is -0.271 e. The molecule has 0 bridgehead atoms. The zero-order valence-corrected chi connectivity index (χ0v) is 10.3. The van der Waals surface area contributed by atoms with Crippen LogP contribution >= 0.6 is 27.5 Å². The van der Waals surface area contributed by atoms with Crippen LogP contribution in [0.25, 0.3) is 0 Å². The Labute approximate surface area is 101 Å². The van der Waals surface area contributed by atoms with E-state index in [1.807, 2.05) is 0 Å². The van der Waals surface area contributed by atoms with Gasteiger partial charge in [0.05, 0.1) is 11.1 Å². The molecule has 82 valence electrons. The van der Waals surface area contributed by atoms with Crippen LogP contribution in [0.2, 0.25) is 5.02 Å². The van der Waals surface area contributed by atoms with Crippen molar-refractivity contribution in [3.05, 3.63) is 33.0 Å². The highest BCUT2D eigenvalue weighted by molar-refractivity contribution is 9.10. The molecule has 1 aliphatic carbocycles. The molecule has 1 fully saturated rings. The maximum atomic E-state index is 13.8. The number of rotatable bonds is 3. The predicted molar refractivity (Wildman–Crippen MR) is 61.9 cm³/mol. The Morgan fingerprint density at radius 1 is 1.53 bits per heavy atom. The van der Waals surface area contributed by atoms with Gasteiger partial charge in [0.25, 0.3) is 0 Å². The summed E-state index contributed by atoms with van der Waals surface area (Å²) in [7, 11) is 0. The highest BCUT2D eigenvalue weighted by atomic mass is 79.9. The molecule has 1 aromatic carbocycles. The van der Waals surface area contributed by atoms with Crippen LogP contribution in [0.15, 0.2) is 16.6 Å². The normalized spacial score (nSPS) is 17.9. The number of halogens is 3.